The van der Waals surface area contributed by atoms with Gasteiger partial charge in [-0.05, 0) is 56.9 Å². The monoisotopic (exact) mass is 377 g/mol. The van der Waals surface area contributed by atoms with Crippen LogP contribution in [0.2, 0.25) is 0 Å². The van der Waals surface area contributed by atoms with Gasteiger partial charge < -0.3 is 15.5 Å². The molecule has 2 aromatic rings. The summed E-state index contributed by atoms with van der Waals surface area (Å²) in [6.07, 6.45) is 0. The number of nitrogens with zero attached hydrogens (tertiary/aromatic N) is 3. The smallest absolute Gasteiger partial charge is 0.276 e. The van der Waals surface area contributed by atoms with Gasteiger partial charge in [0.1, 0.15) is 5.82 Å². The molecule has 0 saturated carbocycles. The van der Waals surface area contributed by atoms with Gasteiger partial charge >= 0.3 is 0 Å². The van der Waals surface area contributed by atoms with Crippen LogP contribution in [0.1, 0.15) is 16.1 Å². The predicted molar refractivity (Wildman–Crippen MR) is 95.9 cm³/mol. The fraction of sp³-hybridized carbons (Fsp3) is 0.312. The third-order valence-corrected chi connectivity index (χ3v) is 4.07. The van der Waals surface area contributed by atoms with E-state index in [-0.39, 0.29) is 11.6 Å². The summed E-state index contributed by atoms with van der Waals surface area (Å²) in [6.45, 7) is 3.63. The number of likely N-dealkylation sites (N-methyl/N-ethyl adjacent to an activating group) is 1. The normalized spacial score (nSPS) is 10.7. The Morgan fingerprint density at radius 3 is 2.61 bits per heavy atom. The van der Waals surface area contributed by atoms with Gasteiger partial charge in [-0.15, -0.1) is 10.2 Å². The van der Waals surface area contributed by atoms with Crippen LogP contribution >= 0.6 is 15.9 Å². The van der Waals surface area contributed by atoms with Gasteiger partial charge in [0.15, 0.2) is 5.69 Å². The first-order valence-electron chi connectivity index (χ1n) is 7.25. The molecule has 0 aliphatic carbocycles. The Morgan fingerprint density at radius 2 is 2.00 bits per heavy atom. The number of hydrogen-bond acceptors (Lipinski definition) is 5. The van der Waals surface area contributed by atoms with Gasteiger partial charge in [0.05, 0.1) is 0 Å². The first kappa shape index (κ1) is 17.4. The molecule has 6 nitrogen and oxygen atoms in total. The molecule has 2 rings (SSSR count). The highest BCUT2D eigenvalue weighted by Gasteiger charge is 2.09. The van der Waals surface area contributed by atoms with Gasteiger partial charge in [0, 0.05) is 23.2 Å². The van der Waals surface area contributed by atoms with Crippen LogP contribution in [0.25, 0.3) is 0 Å². The second-order valence-corrected chi connectivity index (χ2v) is 6.31. The zero-order chi connectivity index (χ0) is 16.8. The molecule has 0 fully saturated rings. The number of aromatic nitrogens is 2. The second-order valence-electron chi connectivity index (χ2n) is 5.45. The highest BCUT2D eigenvalue weighted by atomic mass is 79.9. The highest BCUT2D eigenvalue weighted by Crippen LogP contribution is 2.20. The summed E-state index contributed by atoms with van der Waals surface area (Å²) in [5, 5.41) is 14.0. The summed E-state index contributed by atoms with van der Waals surface area (Å²) in [7, 11) is 4.01. The first-order chi connectivity index (χ1) is 11.0. The van der Waals surface area contributed by atoms with Crippen molar-refractivity contribution in [3.63, 3.8) is 0 Å². The van der Waals surface area contributed by atoms with E-state index in [9.17, 15) is 4.79 Å². The maximum Gasteiger partial charge on any atom is 0.276 e. The standard InChI is InChI=1S/C16H20BrN5O/c1-11-10-12(4-5-13(11)17)19-16(23)14-6-7-15(21-20-14)18-8-9-22(2)3/h4-7,10H,8-9H2,1-3H3,(H,18,21)(H,19,23). The molecule has 0 radical (unpaired) electrons. The second kappa shape index (κ2) is 8.03. The van der Waals surface area contributed by atoms with Gasteiger partial charge in [-0.1, -0.05) is 15.9 Å². The van der Waals surface area contributed by atoms with E-state index in [0.717, 1.165) is 28.8 Å². The van der Waals surface area contributed by atoms with E-state index in [0.29, 0.717) is 5.82 Å². The van der Waals surface area contributed by atoms with E-state index in [1.165, 1.54) is 0 Å². The van der Waals surface area contributed by atoms with Crippen molar-refractivity contribution in [2.75, 3.05) is 37.8 Å². The lowest BCUT2D eigenvalue weighted by molar-refractivity contribution is 0.102. The van der Waals surface area contributed by atoms with E-state index < -0.39 is 0 Å². The Hall–Kier alpha value is -1.99. The molecule has 2 N–H and O–H groups in total. The SMILES string of the molecule is Cc1cc(NC(=O)c2ccc(NCCN(C)C)nn2)ccc1Br. The van der Waals surface area contributed by atoms with Crippen molar-refractivity contribution < 1.29 is 4.79 Å². The highest BCUT2D eigenvalue weighted by molar-refractivity contribution is 9.10. The summed E-state index contributed by atoms with van der Waals surface area (Å²) in [6, 6.07) is 9.04. The molecule has 23 heavy (non-hydrogen) atoms. The fourth-order valence-corrected chi connectivity index (χ4v) is 2.12. The molecular weight excluding hydrogens is 358 g/mol. The number of nitrogens with one attached hydrogen (secondary N) is 2. The molecule has 122 valence electrons. The minimum Gasteiger partial charge on any atom is -0.367 e. The van der Waals surface area contributed by atoms with Crippen molar-refractivity contribution in [1.82, 2.24) is 15.1 Å². The molecule has 7 heteroatoms. The molecule has 1 amide bonds. The average molecular weight is 378 g/mol. The van der Waals surface area contributed by atoms with Crippen molar-refractivity contribution in [2.24, 2.45) is 0 Å². The molecule has 1 aromatic carbocycles. The number of hydrogen-bond donors (Lipinski definition) is 2. The summed E-state index contributed by atoms with van der Waals surface area (Å²) >= 11 is 3.43. The Morgan fingerprint density at radius 1 is 1.22 bits per heavy atom. The number of anilines is 2. The van der Waals surface area contributed by atoms with Crippen molar-refractivity contribution in [3.05, 3.63) is 46.1 Å². The van der Waals surface area contributed by atoms with Gasteiger partial charge in [-0.2, -0.15) is 0 Å². The zero-order valence-electron chi connectivity index (χ0n) is 13.4. The average Bonchev–Trinajstić information content (AvgIpc) is 2.51. The molecule has 0 bridgehead atoms. The fourth-order valence-electron chi connectivity index (χ4n) is 1.87. The molecule has 1 aromatic heterocycles. The number of aryl methyl sites for hydroxylation is 1. The van der Waals surface area contributed by atoms with Crippen LogP contribution in [-0.2, 0) is 0 Å². The van der Waals surface area contributed by atoms with Crippen LogP contribution in [0.15, 0.2) is 34.8 Å². The number of carbonyl (C=O) groups excluding carboxylic acids is 1. The van der Waals surface area contributed by atoms with E-state index in [1.807, 2.05) is 39.2 Å². The molecule has 0 atom stereocenters. The lowest BCUT2D eigenvalue weighted by Gasteiger charge is -2.10. The zero-order valence-corrected chi connectivity index (χ0v) is 15.0. The van der Waals surface area contributed by atoms with Crippen molar-refractivity contribution >= 4 is 33.3 Å². The summed E-state index contributed by atoms with van der Waals surface area (Å²) in [5.74, 6) is 0.377. The van der Waals surface area contributed by atoms with Gasteiger partial charge in [0.25, 0.3) is 5.91 Å². The summed E-state index contributed by atoms with van der Waals surface area (Å²) in [4.78, 5) is 14.2. The number of rotatable bonds is 6. The van der Waals surface area contributed by atoms with Crippen LogP contribution in [0.5, 0.6) is 0 Å². The minimum atomic E-state index is -0.279. The van der Waals surface area contributed by atoms with Gasteiger partial charge in [0.2, 0.25) is 0 Å². The van der Waals surface area contributed by atoms with Crippen LogP contribution in [-0.4, -0.2) is 48.2 Å². The Bertz CT molecular complexity index is 673. The van der Waals surface area contributed by atoms with Crippen molar-refractivity contribution in [1.29, 1.82) is 0 Å². The molecular formula is C16H20BrN5O. The third-order valence-electron chi connectivity index (χ3n) is 3.18. The molecule has 0 aliphatic heterocycles. The first-order valence-corrected chi connectivity index (χ1v) is 8.05. The van der Waals surface area contributed by atoms with Crippen molar-refractivity contribution in [2.45, 2.75) is 6.92 Å². The largest absolute Gasteiger partial charge is 0.367 e. The van der Waals surface area contributed by atoms with E-state index >= 15 is 0 Å². The molecule has 0 saturated heterocycles. The maximum absolute atomic E-state index is 12.2. The lowest BCUT2D eigenvalue weighted by atomic mass is 10.2. The number of amides is 1. The molecule has 0 spiro atoms. The molecule has 0 aliphatic rings. The number of halogens is 1. The van der Waals surface area contributed by atoms with E-state index in [4.69, 9.17) is 0 Å². The van der Waals surface area contributed by atoms with Crippen LogP contribution in [0.4, 0.5) is 11.5 Å². The quantitative estimate of drug-likeness (QED) is 0.809. The third kappa shape index (κ3) is 5.30. The van der Waals surface area contributed by atoms with Gasteiger partial charge in [-0.25, -0.2) is 0 Å². The van der Waals surface area contributed by atoms with Crippen molar-refractivity contribution in [3.8, 4) is 0 Å². The maximum atomic E-state index is 12.2. The van der Waals surface area contributed by atoms with E-state index in [2.05, 4.69) is 41.7 Å². The van der Waals surface area contributed by atoms with Gasteiger partial charge in [-0.3, -0.25) is 4.79 Å². The topological polar surface area (TPSA) is 70.2 Å². The minimum absolute atomic E-state index is 0.279. The number of carbonyl (C=O) groups is 1. The molecule has 1 heterocycles. The summed E-state index contributed by atoms with van der Waals surface area (Å²) < 4.78 is 1.00. The Balaban J connectivity index is 1.95. The van der Waals surface area contributed by atoms with Crippen LogP contribution in [0.3, 0.4) is 0 Å². The Kier molecular flexibility index (Phi) is 6.06. The van der Waals surface area contributed by atoms with Crippen LogP contribution < -0.4 is 10.6 Å². The molecule has 0 unspecified atom stereocenters. The van der Waals surface area contributed by atoms with E-state index in [1.54, 1.807) is 12.1 Å². The number of benzene rings is 1. The predicted octanol–water partition coefficient (Wildman–Crippen LogP) is 2.77. The lowest BCUT2D eigenvalue weighted by Crippen LogP contribution is -2.21. The Labute approximate surface area is 144 Å². The summed E-state index contributed by atoms with van der Waals surface area (Å²) in [5.41, 5.74) is 2.06. The van der Waals surface area contributed by atoms with Crippen LogP contribution in [0, 0.1) is 6.92 Å².